The third-order valence-electron chi connectivity index (χ3n) is 7.52. The van der Waals surface area contributed by atoms with Crippen molar-refractivity contribution < 1.29 is 14.3 Å². The lowest BCUT2D eigenvalue weighted by Crippen LogP contribution is -2.26. The summed E-state index contributed by atoms with van der Waals surface area (Å²) >= 11 is 7.89. The zero-order valence-corrected chi connectivity index (χ0v) is 25.8. The van der Waals surface area contributed by atoms with Crippen molar-refractivity contribution in [2.24, 2.45) is 4.99 Å². The van der Waals surface area contributed by atoms with Gasteiger partial charge in [0, 0.05) is 27.6 Å². The van der Waals surface area contributed by atoms with E-state index in [0.717, 1.165) is 63.6 Å². The van der Waals surface area contributed by atoms with Crippen LogP contribution in [0.1, 0.15) is 69.6 Å². The smallest absolute Gasteiger partial charge is 0.309 e. The van der Waals surface area contributed by atoms with E-state index in [9.17, 15) is 9.59 Å². The molecule has 1 aliphatic rings. The molecule has 5 rings (SSSR count). The average Bonchev–Trinajstić information content (AvgIpc) is 3.45. The highest BCUT2D eigenvalue weighted by atomic mass is 35.5. The highest BCUT2D eigenvalue weighted by Crippen LogP contribution is 2.39. The maximum atomic E-state index is 13.2. The number of carbonyl (C=O) groups is 2. The number of hydrogen-bond acceptors (Lipinski definition) is 7. The van der Waals surface area contributed by atoms with Gasteiger partial charge in [-0.2, -0.15) is 0 Å². The number of ether oxygens (including phenoxy) is 1. The zero-order chi connectivity index (χ0) is 29.8. The maximum absolute atomic E-state index is 13.2. The van der Waals surface area contributed by atoms with Crippen molar-refractivity contribution in [1.29, 1.82) is 0 Å². The lowest BCUT2D eigenvalue weighted by molar-refractivity contribution is -0.139. The Labute approximate surface area is 254 Å². The molecule has 1 atom stereocenters. The summed E-state index contributed by atoms with van der Waals surface area (Å²) in [6, 6.07) is 15.2. The first-order chi connectivity index (χ1) is 20.2. The van der Waals surface area contributed by atoms with Gasteiger partial charge in [-0.05, 0) is 68.9 Å². The molecular formula is C32H34ClN5O3S. The van der Waals surface area contributed by atoms with Gasteiger partial charge < -0.3 is 10.1 Å². The number of aryl methyl sites for hydroxylation is 3. The molecule has 1 amide bonds. The number of unbranched alkanes of at least 4 members (excludes halogenated alkanes) is 1. The Morgan fingerprint density at radius 1 is 1.05 bits per heavy atom. The van der Waals surface area contributed by atoms with Crippen LogP contribution in [-0.2, 0) is 27.2 Å². The van der Waals surface area contributed by atoms with E-state index in [1.54, 1.807) is 11.3 Å². The Bertz CT molecular complexity index is 1640. The second-order valence-corrected chi connectivity index (χ2v) is 12.1. The van der Waals surface area contributed by atoms with Gasteiger partial charge in [-0.1, -0.05) is 48.0 Å². The number of thiophene rings is 1. The fourth-order valence-electron chi connectivity index (χ4n) is 5.20. The van der Waals surface area contributed by atoms with Crippen molar-refractivity contribution in [3.8, 4) is 5.00 Å². The van der Waals surface area contributed by atoms with Crippen LogP contribution in [0.25, 0.3) is 5.00 Å². The predicted molar refractivity (Wildman–Crippen MR) is 166 cm³/mol. The van der Waals surface area contributed by atoms with E-state index < -0.39 is 6.04 Å². The van der Waals surface area contributed by atoms with Crippen LogP contribution in [0.3, 0.4) is 0 Å². The Kier molecular flexibility index (Phi) is 9.18. The summed E-state index contributed by atoms with van der Waals surface area (Å²) in [5, 5.41) is 13.6. The fraction of sp³-hybridized carbons (Fsp3) is 0.344. The summed E-state index contributed by atoms with van der Waals surface area (Å²) < 4.78 is 6.82. The van der Waals surface area contributed by atoms with E-state index >= 15 is 0 Å². The molecule has 0 fully saturated rings. The van der Waals surface area contributed by atoms with Gasteiger partial charge in [0.1, 0.15) is 16.9 Å². The van der Waals surface area contributed by atoms with Gasteiger partial charge in [0.15, 0.2) is 5.82 Å². The molecule has 2 aromatic carbocycles. The lowest BCUT2D eigenvalue weighted by atomic mass is 9.99. The van der Waals surface area contributed by atoms with Gasteiger partial charge in [-0.15, -0.1) is 21.5 Å². The summed E-state index contributed by atoms with van der Waals surface area (Å²) in [5.41, 5.74) is 6.08. The molecule has 0 spiro atoms. The number of aromatic nitrogens is 3. The monoisotopic (exact) mass is 603 g/mol. The predicted octanol–water partition coefficient (Wildman–Crippen LogP) is 6.04. The number of nitrogens with one attached hydrogen (secondary N) is 1. The third-order valence-corrected chi connectivity index (χ3v) is 8.96. The topological polar surface area (TPSA) is 98.5 Å². The number of rotatable bonds is 10. The van der Waals surface area contributed by atoms with Gasteiger partial charge >= 0.3 is 5.97 Å². The second-order valence-electron chi connectivity index (χ2n) is 10.5. The summed E-state index contributed by atoms with van der Waals surface area (Å²) in [7, 11) is 1.40. The van der Waals surface area contributed by atoms with Crippen molar-refractivity contribution in [3.05, 3.63) is 97.9 Å². The van der Waals surface area contributed by atoms with Gasteiger partial charge in [0.25, 0.3) is 0 Å². The summed E-state index contributed by atoms with van der Waals surface area (Å²) in [6.45, 7) is 6.72. The van der Waals surface area contributed by atoms with Gasteiger partial charge in [0.2, 0.25) is 5.91 Å². The Hall–Kier alpha value is -3.82. The quantitative estimate of drug-likeness (QED) is 0.176. The van der Waals surface area contributed by atoms with Crippen molar-refractivity contribution in [2.45, 2.75) is 58.9 Å². The summed E-state index contributed by atoms with van der Waals surface area (Å²) in [5.74, 6) is 1.11. The molecule has 42 heavy (non-hydrogen) atoms. The minimum atomic E-state index is -0.492. The van der Waals surface area contributed by atoms with E-state index in [2.05, 4.69) is 40.0 Å². The molecule has 0 bridgehead atoms. The SMILES string of the molecule is COC(=O)Cc1cccc(CCCCNC(=O)C[C@@H]2N=C(c3ccc(Cl)cc3)c3c(sc(C)c3C)-n3c(C)nnc32)c1. The van der Waals surface area contributed by atoms with E-state index in [1.807, 2.05) is 49.4 Å². The van der Waals surface area contributed by atoms with Crippen LogP contribution in [-0.4, -0.2) is 46.0 Å². The van der Waals surface area contributed by atoms with E-state index in [4.69, 9.17) is 21.3 Å². The van der Waals surface area contributed by atoms with Gasteiger partial charge in [-0.25, -0.2) is 0 Å². The first-order valence-corrected chi connectivity index (χ1v) is 15.2. The molecule has 1 N–H and O–H groups in total. The summed E-state index contributed by atoms with van der Waals surface area (Å²) in [4.78, 5) is 31.1. The number of halogens is 1. The number of carbonyl (C=O) groups excluding carboxylic acids is 2. The second kappa shape index (κ2) is 13.0. The molecule has 2 aromatic heterocycles. The van der Waals surface area contributed by atoms with Crippen LogP contribution in [0, 0.1) is 20.8 Å². The first-order valence-electron chi connectivity index (χ1n) is 14.0. The Morgan fingerprint density at radius 2 is 1.81 bits per heavy atom. The number of fused-ring (bicyclic) bond motifs is 3. The van der Waals surface area contributed by atoms with Crippen LogP contribution in [0.15, 0.2) is 53.5 Å². The molecule has 10 heteroatoms. The van der Waals surface area contributed by atoms with Crippen LogP contribution in [0.5, 0.6) is 0 Å². The largest absolute Gasteiger partial charge is 0.469 e. The molecule has 0 aliphatic carbocycles. The minimum absolute atomic E-state index is 0.0790. The molecule has 1 aliphatic heterocycles. The molecule has 0 saturated carbocycles. The standard InChI is InChI=1S/C32H34ClN5O3S/c1-19-20(2)42-32-29(19)30(24-11-13-25(33)14-12-24)35-26(31-37-36-21(3)38(31)32)18-27(39)34-15-6-5-8-22-9-7-10-23(16-22)17-28(40)41-4/h7,9-14,16,26H,5-6,8,15,17-18H2,1-4H3,(H,34,39)/t26-/m0/s1. The molecule has 0 unspecified atom stereocenters. The Balaban J connectivity index is 1.28. The third kappa shape index (κ3) is 6.47. The van der Waals surface area contributed by atoms with Crippen molar-refractivity contribution in [2.75, 3.05) is 13.7 Å². The summed E-state index contributed by atoms with van der Waals surface area (Å²) in [6.07, 6.45) is 3.05. The Morgan fingerprint density at radius 3 is 2.57 bits per heavy atom. The molecule has 0 radical (unpaired) electrons. The molecule has 8 nitrogen and oxygen atoms in total. The molecular weight excluding hydrogens is 570 g/mol. The molecule has 4 aromatic rings. The van der Waals surface area contributed by atoms with E-state index in [0.29, 0.717) is 17.4 Å². The normalized spacial score (nSPS) is 14.0. The number of amides is 1. The van der Waals surface area contributed by atoms with Gasteiger partial charge in [-0.3, -0.25) is 19.1 Å². The highest BCUT2D eigenvalue weighted by Gasteiger charge is 2.32. The average molecular weight is 604 g/mol. The molecule has 3 heterocycles. The van der Waals surface area contributed by atoms with Crippen LogP contribution in [0.4, 0.5) is 0 Å². The van der Waals surface area contributed by atoms with E-state index in [-0.39, 0.29) is 24.7 Å². The van der Waals surface area contributed by atoms with Crippen molar-refractivity contribution in [3.63, 3.8) is 0 Å². The van der Waals surface area contributed by atoms with Crippen molar-refractivity contribution >= 4 is 40.5 Å². The van der Waals surface area contributed by atoms with E-state index in [1.165, 1.54) is 12.0 Å². The zero-order valence-electron chi connectivity index (χ0n) is 24.2. The van der Waals surface area contributed by atoms with Crippen LogP contribution in [0.2, 0.25) is 5.02 Å². The fourth-order valence-corrected chi connectivity index (χ4v) is 6.54. The van der Waals surface area contributed by atoms with Crippen molar-refractivity contribution in [1.82, 2.24) is 20.1 Å². The number of aliphatic imine (C=N–C) groups is 1. The van der Waals surface area contributed by atoms with Crippen LogP contribution < -0.4 is 5.32 Å². The van der Waals surface area contributed by atoms with Gasteiger partial charge in [0.05, 0.1) is 25.7 Å². The van der Waals surface area contributed by atoms with Crippen LogP contribution >= 0.6 is 22.9 Å². The highest BCUT2D eigenvalue weighted by molar-refractivity contribution is 7.15. The number of hydrogen-bond donors (Lipinski definition) is 1. The maximum Gasteiger partial charge on any atom is 0.309 e. The molecule has 218 valence electrons. The first kappa shape index (κ1) is 29.7. The number of benzene rings is 2. The minimum Gasteiger partial charge on any atom is -0.469 e. The molecule has 0 saturated heterocycles. The lowest BCUT2D eigenvalue weighted by Gasteiger charge is -2.13. The number of methoxy groups -OCH3 is 1. The number of esters is 1. The number of nitrogens with zero attached hydrogens (tertiary/aromatic N) is 4.